The van der Waals surface area contributed by atoms with Gasteiger partial charge in [-0.3, -0.25) is 4.79 Å². The Balaban J connectivity index is 2.21. The summed E-state index contributed by atoms with van der Waals surface area (Å²) in [5.74, 6) is 0.387. The molecular formula is C9H16ClNO2. The molecule has 0 atom stereocenters. The fraction of sp³-hybridized carbons (Fsp3) is 0.889. The Kier molecular flexibility index (Phi) is 4.53. The Bertz CT molecular complexity index is 167. The Morgan fingerprint density at radius 1 is 1.38 bits per heavy atom. The summed E-state index contributed by atoms with van der Waals surface area (Å²) in [6, 6.07) is 0.272. The van der Waals surface area contributed by atoms with Gasteiger partial charge in [-0.05, 0) is 31.6 Å². The van der Waals surface area contributed by atoms with Crippen LogP contribution in [0.4, 0.5) is 0 Å². The number of halogens is 1. The van der Waals surface area contributed by atoms with Gasteiger partial charge in [0.1, 0.15) is 5.88 Å². The highest BCUT2D eigenvalue weighted by molar-refractivity contribution is 6.27. The molecule has 1 saturated carbocycles. The van der Waals surface area contributed by atoms with Gasteiger partial charge in [-0.1, -0.05) is 0 Å². The maximum absolute atomic E-state index is 10.9. The third-order valence-electron chi connectivity index (χ3n) is 2.59. The molecule has 0 spiro atoms. The van der Waals surface area contributed by atoms with Crippen molar-refractivity contribution in [3.63, 3.8) is 0 Å². The van der Waals surface area contributed by atoms with E-state index in [1.807, 2.05) is 0 Å². The quantitative estimate of drug-likeness (QED) is 0.673. The van der Waals surface area contributed by atoms with Crippen molar-refractivity contribution in [3.8, 4) is 0 Å². The summed E-state index contributed by atoms with van der Waals surface area (Å²) in [7, 11) is 0. The summed E-state index contributed by atoms with van der Waals surface area (Å²) < 4.78 is 0. The van der Waals surface area contributed by atoms with E-state index in [0.717, 1.165) is 25.7 Å². The largest absolute Gasteiger partial charge is 0.396 e. The monoisotopic (exact) mass is 205 g/mol. The zero-order valence-electron chi connectivity index (χ0n) is 7.63. The first-order valence-electron chi connectivity index (χ1n) is 4.72. The van der Waals surface area contributed by atoms with E-state index in [0.29, 0.717) is 5.92 Å². The van der Waals surface area contributed by atoms with Gasteiger partial charge < -0.3 is 10.4 Å². The number of aliphatic hydroxyl groups is 1. The first-order chi connectivity index (χ1) is 6.26. The molecule has 0 radical (unpaired) electrons. The summed E-state index contributed by atoms with van der Waals surface area (Å²) in [5.41, 5.74) is 0. The van der Waals surface area contributed by atoms with Crippen molar-refractivity contribution in [2.75, 3.05) is 12.5 Å². The maximum atomic E-state index is 10.9. The highest BCUT2D eigenvalue weighted by Gasteiger charge is 2.21. The SMILES string of the molecule is O=C(CCl)NC1CCC(CO)CC1. The Hall–Kier alpha value is -0.280. The van der Waals surface area contributed by atoms with Crippen molar-refractivity contribution < 1.29 is 9.90 Å². The predicted molar refractivity (Wildman–Crippen MR) is 51.7 cm³/mol. The van der Waals surface area contributed by atoms with Gasteiger partial charge in [-0.2, -0.15) is 0 Å². The molecule has 0 aliphatic heterocycles. The van der Waals surface area contributed by atoms with E-state index in [1.165, 1.54) is 0 Å². The Labute approximate surface area is 83.5 Å². The van der Waals surface area contributed by atoms with Gasteiger partial charge in [0, 0.05) is 12.6 Å². The molecule has 0 aromatic rings. The number of nitrogens with one attached hydrogen (secondary N) is 1. The van der Waals surface area contributed by atoms with Crippen molar-refractivity contribution in [3.05, 3.63) is 0 Å². The molecule has 4 heteroatoms. The maximum Gasteiger partial charge on any atom is 0.235 e. The molecule has 0 aromatic carbocycles. The van der Waals surface area contributed by atoms with Crippen LogP contribution in [0.25, 0.3) is 0 Å². The van der Waals surface area contributed by atoms with Crippen LogP contribution < -0.4 is 5.32 Å². The van der Waals surface area contributed by atoms with Crippen molar-refractivity contribution in [2.24, 2.45) is 5.92 Å². The van der Waals surface area contributed by atoms with Gasteiger partial charge in [0.2, 0.25) is 5.91 Å². The number of hydrogen-bond acceptors (Lipinski definition) is 2. The molecule has 2 N–H and O–H groups in total. The van der Waals surface area contributed by atoms with Crippen LogP contribution in [0.2, 0.25) is 0 Å². The minimum Gasteiger partial charge on any atom is -0.396 e. The van der Waals surface area contributed by atoms with E-state index in [2.05, 4.69) is 5.32 Å². The summed E-state index contributed by atoms with van der Waals surface area (Å²) in [6.45, 7) is 0.274. The van der Waals surface area contributed by atoms with Crippen LogP contribution in [-0.4, -0.2) is 29.5 Å². The molecule has 13 heavy (non-hydrogen) atoms. The van der Waals surface area contributed by atoms with Crippen LogP contribution in [0, 0.1) is 5.92 Å². The number of carbonyl (C=O) groups is 1. The topological polar surface area (TPSA) is 49.3 Å². The van der Waals surface area contributed by atoms with E-state index in [-0.39, 0.29) is 24.4 Å². The van der Waals surface area contributed by atoms with Gasteiger partial charge in [0.15, 0.2) is 0 Å². The molecule has 3 nitrogen and oxygen atoms in total. The summed E-state index contributed by atoms with van der Waals surface area (Å²) in [4.78, 5) is 10.9. The summed E-state index contributed by atoms with van der Waals surface area (Å²) >= 11 is 5.38. The predicted octanol–water partition coefficient (Wildman–Crippen LogP) is 0.892. The van der Waals surface area contributed by atoms with E-state index >= 15 is 0 Å². The van der Waals surface area contributed by atoms with Crippen molar-refractivity contribution in [2.45, 2.75) is 31.7 Å². The molecule has 1 amide bonds. The zero-order valence-corrected chi connectivity index (χ0v) is 8.39. The van der Waals surface area contributed by atoms with Crippen LogP contribution in [0.3, 0.4) is 0 Å². The summed E-state index contributed by atoms with van der Waals surface area (Å²) in [6.07, 6.45) is 3.94. The van der Waals surface area contributed by atoms with Crippen LogP contribution in [0.15, 0.2) is 0 Å². The minimum atomic E-state index is -0.0888. The third kappa shape index (κ3) is 3.53. The minimum absolute atomic E-state index is 0.0416. The van der Waals surface area contributed by atoms with Gasteiger partial charge in [-0.25, -0.2) is 0 Å². The molecule has 1 rings (SSSR count). The van der Waals surface area contributed by atoms with Crippen molar-refractivity contribution >= 4 is 17.5 Å². The summed E-state index contributed by atoms with van der Waals surface area (Å²) in [5, 5.41) is 11.8. The molecule has 0 bridgehead atoms. The number of hydrogen-bond donors (Lipinski definition) is 2. The van der Waals surface area contributed by atoms with Crippen LogP contribution in [-0.2, 0) is 4.79 Å². The first kappa shape index (κ1) is 10.8. The molecule has 0 aromatic heterocycles. The lowest BCUT2D eigenvalue weighted by Crippen LogP contribution is -2.38. The second kappa shape index (κ2) is 5.45. The number of aliphatic hydroxyl groups excluding tert-OH is 1. The molecular weight excluding hydrogens is 190 g/mol. The second-order valence-electron chi connectivity index (χ2n) is 3.60. The van der Waals surface area contributed by atoms with Gasteiger partial charge >= 0.3 is 0 Å². The molecule has 76 valence electrons. The van der Waals surface area contributed by atoms with Gasteiger partial charge in [-0.15, -0.1) is 11.6 Å². The molecule has 0 heterocycles. The van der Waals surface area contributed by atoms with Gasteiger partial charge in [0.05, 0.1) is 0 Å². The number of carbonyl (C=O) groups excluding carboxylic acids is 1. The lowest BCUT2D eigenvalue weighted by molar-refractivity contribution is -0.119. The first-order valence-corrected chi connectivity index (χ1v) is 5.26. The number of alkyl halides is 1. The standard InChI is InChI=1S/C9H16ClNO2/c10-5-9(13)11-8-3-1-7(6-12)2-4-8/h7-8,12H,1-6H2,(H,11,13). The average molecular weight is 206 g/mol. The van der Waals surface area contributed by atoms with Crippen LogP contribution in [0.1, 0.15) is 25.7 Å². The lowest BCUT2D eigenvalue weighted by atomic mass is 9.86. The van der Waals surface area contributed by atoms with E-state index in [1.54, 1.807) is 0 Å². The van der Waals surface area contributed by atoms with Crippen molar-refractivity contribution in [1.29, 1.82) is 0 Å². The Morgan fingerprint density at radius 2 is 2.00 bits per heavy atom. The third-order valence-corrected chi connectivity index (χ3v) is 2.83. The van der Waals surface area contributed by atoms with Crippen LogP contribution in [0.5, 0.6) is 0 Å². The van der Waals surface area contributed by atoms with Crippen molar-refractivity contribution in [1.82, 2.24) is 5.32 Å². The normalized spacial score (nSPS) is 28.5. The molecule has 1 aliphatic rings. The molecule has 0 unspecified atom stereocenters. The zero-order chi connectivity index (χ0) is 9.68. The fourth-order valence-corrected chi connectivity index (χ4v) is 1.83. The molecule has 1 aliphatic carbocycles. The van der Waals surface area contributed by atoms with E-state index in [9.17, 15) is 4.79 Å². The Morgan fingerprint density at radius 3 is 2.46 bits per heavy atom. The van der Waals surface area contributed by atoms with E-state index in [4.69, 9.17) is 16.7 Å². The highest BCUT2D eigenvalue weighted by Crippen LogP contribution is 2.23. The average Bonchev–Trinajstić information content (AvgIpc) is 2.19. The number of rotatable bonds is 3. The lowest BCUT2D eigenvalue weighted by Gasteiger charge is -2.27. The van der Waals surface area contributed by atoms with Gasteiger partial charge in [0.25, 0.3) is 0 Å². The second-order valence-corrected chi connectivity index (χ2v) is 3.87. The number of amides is 1. The smallest absolute Gasteiger partial charge is 0.235 e. The fourth-order valence-electron chi connectivity index (χ4n) is 1.76. The molecule has 1 fully saturated rings. The van der Waals surface area contributed by atoms with Crippen LogP contribution >= 0.6 is 11.6 Å². The molecule has 0 saturated heterocycles. The van der Waals surface area contributed by atoms with E-state index < -0.39 is 0 Å². The highest BCUT2D eigenvalue weighted by atomic mass is 35.5.